The van der Waals surface area contributed by atoms with Gasteiger partial charge in [0, 0.05) is 11.8 Å². The highest BCUT2D eigenvalue weighted by molar-refractivity contribution is 7.80. The molecule has 4 rings (SSSR count). The van der Waals surface area contributed by atoms with Gasteiger partial charge in [-0.3, -0.25) is 10.1 Å². The summed E-state index contributed by atoms with van der Waals surface area (Å²) in [7, 11) is 0.812. The standard InChI is InChI=1S/C25H19F4N3O4S/c1-10(2)11-4-7-16-14(8-11)31-24(36-16)13-6-5-12(9-15(13)33)30-25(37)32-23(34)17-18(26)20(28)22(35-3)21(29)19(17)27/h4-10,33H,1-3H3,(H2,30,32,34,37). The summed E-state index contributed by atoms with van der Waals surface area (Å²) in [6.07, 6.45) is 0. The van der Waals surface area contributed by atoms with Gasteiger partial charge >= 0.3 is 0 Å². The summed E-state index contributed by atoms with van der Waals surface area (Å²) in [4.78, 5) is 16.7. The third kappa shape index (κ3) is 4.92. The number of aromatic hydroxyl groups is 1. The first kappa shape index (κ1) is 25.9. The number of amides is 1. The molecular weight excluding hydrogens is 514 g/mol. The molecule has 0 saturated heterocycles. The van der Waals surface area contributed by atoms with Crippen LogP contribution in [0.2, 0.25) is 0 Å². The zero-order valence-corrected chi connectivity index (χ0v) is 20.4. The van der Waals surface area contributed by atoms with Crippen LogP contribution in [0.3, 0.4) is 0 Å². The predicted molar refractivity (Wildman–Crippen MR) is 132 cm³/mol. The Kier molecular flexibility index (Phi) is 7.03. The summed E-state index contributed by atoms with van der Waals surface area (Å²) >= 11 is 4.95. The van der Waals surface area contributed by atoms with E-state index in [1.165, 1.54) is 18.2 Å². The van der Waals surface area contributed by atoms with E-state index in [-0.39, 0.29) is 22.9 Å². The lowest BCUT2D eigenvalue weighted by atomic mass is 10.0. The van der Waals surface area contributed by atoms with Gasteiger partial charge in [-0.15, -0.1) is 0 Å². The maximum absolute atomic E-state index is 14.2. The molecule has 0 fully saturated rings. The Balaban J connectivity index is 1.52. The van der Waals surface area contributed by atoms with Gasteiger partial charge in [0.1, 0.15) is 16.8 Å². The molecular formula is C25H19F4N3O4S. The van der Waals surface area contributed by atoms with Crippen molar-refractivity contribution in [2.75, 3.05) is 12.4 Å². The summed E-state index contributed by atoms with van der Waals surface area (Å²) < 4.78 is 66.2. The molecule has 192 valence electrons. The molecule has 7 nitrogen and oxygen atoms in total. The van der Waals surface area contributed by atoms with Gasteiger partial charge in [-0.25, -0.2) is 13.8 Å². The number of carbonyl (C=O) groups is 1. The van der Waals surface area contributed by atoms with Crippen LogP contribution < -0.4 is 15.4 Å². The van der Waals surface area contributed by atoms with Gasteiger partial charge in [0.05, 0.1) is 12.7 Å². The Bertz CT molecular complexity index is 1530. The normalized spacial score (nSPS) is 11.1. The smallest absolute Gasteiger partial charge is 0.263 e. The number of aromatic nitrogens is 1. The van der Waals surface area contributed by atoms with E-state index in [1.54, 1.807) is 6.07 Å². The van der Waals surface area contributed by atoms with E-state index in [9.17, 15) is 27.5 Å². The number of ether oxygens (including phenoxy) is 1. The van der Waals surface area contributed by atoms with Crippen LogP contribution in [0.15, 0.2) is 40.8 Å². The molecule has 0 aliphatic rings. The first-order chi connectivity index (χ1) is 17.5. The summed E-state index contributed by atoms with van der Waals surface area (Å²) in [6.45, 7) is 4.10. The molecule has 1 aromatic heterocycles. The number of oxazole rings is 1. The van der Waals surface area contributed by atoms with Crippen LogP contribution >= 0.6 is 12.2 Å². The van der Waals surface area contributed by atoms with Crippen molar-refractivity contribution < 1.29 is 36.6 Å². The Labute approximate surface area is 213 Å². The molecule has 0 spiro atoms. The average Bonchev–Trinajstić information content (AvgIpc) is 3.26. The molecule has 0 atom stereocenters. The molecule has 0 unspecified atom stereocenters. The Morgan fingerprint density at radius 2 is 1.73 bits per heavy atom. The van der Waals surface area contributed by atoms with E-state index in [2.05, 4.69) is 15.0 Å². The molecule has 1 heterocycles. The molecule has 37 heavy (non-hydrogen) atoms. The van der Waals surface area contributed by atoms with Crippen molar-refractivity contribution >= 4 is 40.0 Å². The number of anilines is 1. The summed E-state index contributed by atoms with van der Waals surface area (Å²) in [6, 6.07) is 9.81. The highest BCUT2D eigenvalue weighted by Crippen LogP contribution is 2.34. The highest BCUT2D eigenvalue weighted by atomic mass is 32.1. The monoisotopic (exact) mass is 533 g/mol. The molecule has 0 bridgehead atoms. The molecule has 0 saturated carbocycles. The molecule has 3 N–H and O–H groups in total. The lowest BCUT2D eigenvalue weighted by Crippen LogP contribution is -2.35. The number of thiocarbonyl (C=S) groups is 1. The van der Waals surface area contributed by atoms with E-state index in [0.717, 1.165) is 12.7 Å². The van der Waals surface area contributed by atoms with Crippen LogP contribution in [0.25, 0.3) is 22.6 Å². The summed E-state index contributed by atoms with van der Waals surface area (Å²) in [5, 5.41) is 14.5. The van der Waals surface area contributed by atoms with Crippen LogP contribution in [-0.4, -0.2) is 28.2 Å². The molecule has 4 aromatic rings. The average molecular weight is 534 g/mol. The molecule has 0 radical (unpaired) electrons. The number of fused-ring (bicyclic) bond motifs is 1. The number of carbonyl (C=O) groups excluding carboxylic acids is 1. The zero-order chi connectivity index (χ0) is 27.0. The number of hydrogen-bond donors (Lipinski definition) is 3. The summed E-state index contributed by atoms with van der Waals surface area (Å²) in [5.41, 5.74) is 1.17. The number of nitrogens with one attached hydrogen (secondary N) is 2. The van der Waals surface area contributed by atoms with Gasteiger partial charge in [0.15, 0.2) is 28.1 Å². The van der Waals surface area contributed by atoms with Crippen LogP contribution in [0.4, 0.5) is 23.2 Å². The number of benzene rings is 3. The third-order valence-electron chi connectivity index (χ3n) is 5.45. The zero-order valence-electron chi connectivity index (χ0n) is 19.6. The number of rotatable bonds is 5. The van der Waals surface area contributed by atoms with E-state index in [0.29, 0.717) is 17.0 Å². The van der Waals surface area contributed by atoms with Crippen LogP contribution in [0.1, 0.15) is 35.7 Å². The number of methoxy groups -OCH3 is 1. The molecule has 0 aliphatic heterocycles. The van der Waals surface area contributed by atoms with Gasteiger partial charge in [0.25, 0.3) is 5.91 Å². The fourth-order valence-electron chi connectivity index (χ4n) is 3.53. The van der Waals surface area contributed by atoms with Gasteiger partial charge in [-0.05, 0) is 48.0 Å². The van der Waals surface area contributed by atoms with Crippen molar-refractivity contribution in [2.45, 2.75) is 19.8 Å². The minimum Gasteiger partial charge on any atom is -0.507 e. The van der Waals surface area contributed by atoms with Gasteiger partial charge in [0.2, 0.25) is 17.5 Å². The lowest BCUT2D eigenvalue weighted by molar-refractivity contribution is 0.0966. The second-order valence-corrected chi connectivity index (χ2v) is 8.61. The second-order valence-electron chi connectivity index (χ2n) is 8.21. The third-order valence-corrected chi connectivity index (χ3v) is 5.65. The SMILES string of the molecule is COc1c(F)c(F)c(C(=O)NC(=S)Nc2ccc(-c3nc4cc(C(C)C)ccc4o3)c(O)c2)c(F)c1F. The fraction of sp³-hybridized carbons (Fsp3) is 0.160. The maximum Gasteiger partial charge on any atom is 0.263 e. The molecule has 0 aliphatic carbocycles. The lowest BCUT2D eigenvalue weighted by Gasteiger charge is -2.13. The van der Waals surface area contributed by atoms with E-state index < -0.39 is 45.6 Å². The topological polar surface area (TPSA) is 96.6 Å². The Morgan fingerprint density at radius 3 is 2.32 bits per heavy atom. The quantitative estimate of drug-likeness (QED) is 0.164. The van der Waals surface area contributed by atoms with E-state index in [1.807, 2.05) is 31.3 Å². The van der Waals surface area contributed by atoms with Crippen molar-refractivity contribution in [3.05, 3.63) is 70.8 Å². The Morgan fingerprint density at radius 1 is 1.05 bits per heavy atom. The van der Waals surface area contributed by atoms with Gasteiger partial charge in [-0.2, -0.15) is 8.78 Å². The van der Waals surface area contributed by atoms with E-state index in [4.69, 9.17) is 16.6 Å². The van der Waals surface area contributed by atoms with Gasteiger partial charge < -0.3 is 19.6 Å². The highest BCUT2D eigenvalue weighted by Gasteiger charge is 2.30. The minimum absolute atomic E-state index is 0.172. The number of phenols is 1. The Hall–Kier alpha value is -4.19. The van der Waals surface area contributed by atoms with Crippen LogP contribution in [0, 0.1) is 23.3 Å². The first-order valence-electron chi connectivity index (χ1n) is 10.8. The van der Waals surface area contributed by atoms with Crippen LogP contribution in [-0.2, 0) is 0 Å². The maximum atomic E-state index is 14.2. The number of nitrogens with zero attached hydrogens (tertiary/aromatic N) is 1. The first-order valence-corrected chi connectivity index (χ1v) is 11.2. The summed E-state index contributed by atoms with van der Waals surface area (Å²) in [5.74, 6) is -10.3. The van der Waals surface area contributed by atoms with E-state index >= 15 is 0 Å². The minimum atomic E-state index is -1.95. The largest absolute Gasteiger partial charge is 0.507 e. The fourth-order valence-corrected chi connectivity index (χ4v) is 3.74. The van der Waals surface area contributed by atoms with Gasteiger partial charge in [-0.1, -0.05) is 19.9 Å². The molecule has 12 heteroatoms. The van der Waals surface area contributed by atoms with Crippen molar-refractivity contribution in [3.63, 3.8) is 0 Å². The van der Waals surface area contributed by atoms with Crippen molar-refractivity contribution in [3.8, 4) is 23.0 Å². The number of hydrogen-bond acceptors (Lipinski definition) is 6. The van der Waals surface area contributed by atoms with Crippen molar-refractivity contribution in [2.24, 2.45) is 0 Å². The number of phenolic OH excluding ortho intramolecular Hbond substituents is 1. The van der Waals surface area contributed by atoms with Crippen molar-refractivity contribution in [1.29, 1.82) is 0 Å². The molecule has 1 amide bonds. The molecule has 3 aromatic carbocycles. The van der Waals surface area contributed by atoms with Crippen molar-refractivity contribution in [1.82, 2.24) is 10.3 Å². The predicted octanol–water partition coefficient (Wildman–Crippen LogP) is 6.02. The second kappa shape index (κ2) is 10.1. The number of halogens is 4. The van der Waals surface area contributed by atoms with Crippen LogP contribution in [0.5, 0.6) is 11.5 Å².